The van der Waals surface area contributed by atoms with Crippen LogP contribution < -0.4 is 5.32 Å². The van der Waals surface area contributed by atoms with Crippen LogP contribution in [0.2, 0.25) is 0 Å². The predicted octanol–water partition coefficient (Wildman–Crippen LogP) is -1.98. The third-order valence-electron chi connectivity index (χ3n) is 3.94. The van der Waals surface area contributed by atoms with E-state index in [1.807, 2.05) is 6.92 Å². The van der Waals surface area contributed by atoms with Crippen molar-refractivity contribution in [2.45, 2.75) is 69.5 Å². The number of ether oxygens (including phenoxy) is 2. The highest BCUT2D eigenvalue weighted by molar-refractivity contribution is 5.75. The highest BCUT2D eigenvalue weighted by atomic mass is 16.7. The number of rotatable bonds is 9. The van der Waals surface area contributed by atoms with Crippen LogP contribution in [0, 0.1) is 0 Å². The van der Waals surface area contributed by atoms with Crippen molar-refractivity contribution in [1.29, 1.82) is 0 Å². The van der Waals surface area contributed by atoms with Crippen LogP contribution in [-0.2, 0) is 14.3 Å². The first-order valence-corrected chi connectivity index (χ1v) is 8.41. The molecule has 9 heteroatoms. The van der Waals surface area contributed by atoms with Gasteiger partial charge in [0.2, 0.25) is 5.91 Å². The monoisotopic (exact) mass is 363 g/mol. The molecule has 1 aliphatic heterocycles. The number of hydrogen-bond donors (Lipinski definition) is 6. The summed E-state index contributed by atoms with van der Waals surface area (Å²) in [6.07, 6.45) is -3.79. The predicted molar refractivity (Wildman–Crippen MR) is 87.4 cm³/mol. The molecule has 146 valence electrons. The average molecular weight is 363 g/mol. The Morgan fingerprint density at radius 3 is 2.48 bits per heavy atom. The molecule has 9 nitrogen and oxygen atoms in total. The second-order valence-electron chi connectivity index (χ2n) is 5.89. The van der Waals surface area contributed by atoms with Crippen LogP contribution in [0.5, 0.6) is 0 Å². The smallest absolute Gasteiger partial charge is 0.220 e. The summed E-state index contributed by atoms with van der Waals surface area (Å²) in [6.45, 7) is 2.79. The number of aliphatic hydroxyl groups is 5. The van der Waals surface area contributed by atoms with E-state index in [0.717, 1.165) is 0 Å². The van der Waals surface area contributed by atoms with Crippen LogP contribution in [0.15, 0.2) is 12.2 Å². The van der Waals surface area contributed by atoms with E-state index < -0.39 is 49.5 Å². The minimum atomic E-state index is -1.55. The summed E-state index contributed by atoms with van der Waals surface area (Å²) in [6, 6.07) is -0.789. The van der Waals surface area contributed by atoms with Crippen LogP contribution in [0.4, 0.5) is 0 Å². The van der Waals surface area contributed by atoms with Gasteiger partial charge in [0.25, 0.3) is 0 Å². The largest absolute Gasteiger partial charge is 0.394 e. The molecular weight excluding hydrogens is 334 g/mol. The van der Waals surface area contributed by atoms with Crippen LogP contribution in [0.3, 0.4) is 0 Å². The van der Waals surface area contributed by atoms with Crippen molar-refractivity contribution in [1.82, 2.24) is 5.32 Å². The molecule has 2 unspecified atom stereocenters. The fourth-order valence-electron chi connectivity index (χ4n) is 2.35. The van der Waals surface area contributed by atoms with Crippen molar-refractivity contribution in [2.24, 2.45) is 0 Å². The van der Waals surface area contributed by atoms with Crippen molar-refractivity contribution in [3.05, 3.63) is 12.2 Å². The van der Waals surface area contributed by atoms with Crippen molar-refractivity contribution in [3.63, 3.8) is 0 Å². The van der Waals surface area contributed by atoms with Gasteiger partial charge in [0, 0.05) is 6.42 Å². The van der Waals surface area contributed by atoms with E-state index in [0.29, 0.717) is 6.42 Å². The maximum Gasteiger partial charge on any atom is 0.220 e. The molecule has 0 aromatic rings. The number of hydrogen-bond acceptors (Lipinski definition) is 8. The highest BCUT2D eigenvalue weighted by Crippen LogP contribution is 2.22. The summed E-state index contributed by atoms with van der Waals surface area (Å²) in [5.41, 5.74) is 0. The van der Waals surface area contributed by atoms with E-state index in [2.05, 4.69) is 5.32 Å². The molecule has 0 saturated carbocycles. The topological polar surface area (TPSA) is 149 Å². The Hall–Kier alpha value is -1.07. The summed E-state index contributed by atoms with van der Waals surface area (Å²) in [7, 11) is 0. The van der Waals surface area contributed by atoms with E-state index in [9.17, 15) is 25.2 Å². The first-order valence-electron chi connectivity index (χ1n) is 8.41. The summed E-state index contributed by atoms with van der Waals surface area (Å²) >= 11 is 0. The van der Waals surface area contributed by atoms with Crippen molar-refractivity contribution in [3.8, 4) is 0 Å². The van der Waals surface area contributed by atoms with Crippen LogP contribution in [0.1, 0.15) is 26.7 Å². The molecule has 1 amide bonds. The van der Waals surface area contributed by atoms with Gasteiger partial charge in [0.15, 0.2) is 6.29 Å². The molecule has 1 heterocycles. The SMILES string of the molecule is CC/C=C/[C@@H](O)[C@H](CO[C@@H]1OC(CO)[C@H](O)[C@H](O)C1O)NC(=O)CC. The summed E-state index contributed by atoms with van der Waals surface area (Å²) in [5, 5.41) is 51.3. The van der Waals surface area contributed by atoms with Crippen molar-refractivity contribution < 1.29 is 39.8 Å². The van der Waals surface area contributed by atoms with Gasteiger partial charge in [0.05, 0.1) is 25.4 Å². The zero-order valence-electron chi connectivity index (χ0n) is 14.5. The first-order chi connectivity index (χ1) is 11.8. The van der Waals surface area contributed by atoms with E-state index in [1.165, 1.54) is 6.08 Å². The Morgan fingerprint density at radius 2 is 1.92 bits per heavy atom. The van der Waals surface area contributed by atoms with Gasteiger partial charge in [-0.1, -0.05) is 26.0 Å². The summed E-state index contributed by atoms with van der Waals surface area (Å²) in [5.74, 6) is -0.286. The van der Waals surface area contributed by atoms with Gasteiger partial charge in [-0.2, -0.15) is 0 Å². The lowest BCUT2D eigenvalue weighted by atomic mass is 9.99. The number of nitrogens with one attached hydrogen (secondary N) is 1. The number of aliphatic hydroxyl groups excluding tert-OH is 5. The molecule has 7 atom stereocenters. The van der Waals surface area contributed by atoms with Crippen LogP contribution >= 0.6 is 0 Å². The Balaban J connectivity index is 2.73. The zero-order chi connectivity index (χ0) is 19.0. The molecule has 0 bridgehead atoms. The fourth-order valence-corrected chi connectivity index (χ4v) is 2.35. The summed E-state index contributed by atoms with van der Waals surface area (Å²) in [4.78, 5) is 11.6. The normalized spacial score (nSPS) is 32.5. The average Bonchev–Trinajstić information content (AvgIpc) is 2.62. The maximum absolute atomic E-state index is 11.6. The Bertz CT molecular complexity index is 430. The molecule has 0 spiro atoms. The lowest BCUT2D eigenvalue weighted by Crippen LogP contribution is -2.60. The molecule has 0 aromatic heterocycles. The molecule has 1 rings (SSSR count). The number of allylic oxidation sites excluding steroid dienone is 1. The Labute approximate surface area is 146 Å². The lowest BCUT2D eigenvalue weighted by molar-refractivity contribution is -0.302. The van der Waals surface area contributed by atoms with Crippen molar-refractivity contribution >= 4 is 5.91 Å². The van der Waals surface area contributed by atoms with Gasteiger partial charge in [-0.05, 0) is 6.42 Å². The Kier molecular flexibility index (Phi) is 9.51. The second-order valence-corrected chi connectivity index (χ2v) is 5.89. The molecule has 6 N–H and O–H groups in total. The molecule has 0 radical (unpaired) electrons. The maximum atomic E-state index is 11.6. The molecule has 0 aliphatic carbocycles. The minimum absolute atomic E-state index is 0.205. The Morgan fingerprint density at radius 1 is 1.24 bits per heavy atom. The van der Waals surface area contributed by atoms with Gasteiger partial charge in [-0.3, -0.25) is 4.79 Å². The summed E-state index contributed by atoms with van der Waals surface area (Å²) < 4.78 is 10.6. The number of amides is 1. The quantitative estimate of drug-likeness (QED) is 0.258. The first kappa shape index (κ1) is 22.0. The third-order valence-corrected chi connectivity index (χ3v) is 3.94. The van der Waals surface area contributed by atoms with E-state index >= 15 is 0 Å². The van der Waals surface area contributed by atoms with E-state index in [4.69, 9.17) is 14.6 Å². The van der Waals surface area contributed by atoms with Crippen LogP contribution in [-0.4, -0.2) is 87.5 Å². The van der Waals surface area contributed by atoms with Gasteiger partial charge in [-0.25, -0.2) is 0 Å². The second kappa shape index (κ2) is 10.8. The molecule has 25 heavy (non-hydrogen) atoms. The minimum Gasteiger partial charge on any atom is -0.394 e. The van der Waals surface area contributed by atoms with Gasteiger partial charge in [0.1, 0.15) is 24.4 Å². The molecule has 1 aliphatic rings. The molecule has 0 aromatic carbocycles. The van der Waals surface area contributed by atoms with Gasteiger partial charge in [-0.15, -0.1) is 0 Å². The molecule has 1 saturated heterocycles. The standard InChI is InChI=1S/C16H29NO8/c1-3-5-6-10(19)9(17-12(20)4-2)8-24-16-15(23)14(22)13(21)11(7-18)25-16/h5-6,9-11,13-16,18-19,21-23H,3-4,7-8H2,1-2H3,(H,17,20)/b6-5+/t9-,10+,11?,13-,14-,15?,16+/m0/s1. The third kappa shape index (κ3) is 6.30. The zero-order valence-corrected chi connectivity index (χ0v) is 14.5. The highest BCUT2D eigenvalue weighted by Gasteiger charge is 2.44. The number of carbonyl (C=O) groups excluding carboxylic acids is 1. The van der Waals surface area contributed by atoms with E-state index in [-0.39, 0.29) is 18.9 Å². The lowest BCUT2D eigenvalue weighted by Gasteiger charge is -2.40. The molecular formula is C16H29NO8. The van der Waals surface area contributed by atoms with Crippen molar-refractivity contribution in [2.75, 3.05) is 13.2 Å². The molecule has 1 fully saturated rings. The number of carbonyl (C=O) groups is 1. The van der Waals surface area contributed by atoms with Crippen LogP contribution in [0.25, 0.3) is 0 Å². The van der Waals surface area contributed by atoms with E-state index in [1.54, 1.807) is 13.0 Å². The fraction of sp³-hybridized carbons (Fsp3) is 0.812. The van der Waals surface area contributed by atoms with Gasteiger partial charge < -0.3 is 40.3 Å². The van der Waals surface area contributed by atoms with Gasteiger partial charge >= 0.3 is 0 Å².